The third kappa shape index (κ3) is 3.26. The first-order chi connectivity index (χ1) is 7.47. The van der Waals surface area contributed by atoms with Gasteiger partial charge in [-0.2, -0.15) is 0 Å². The Hall–Kier alpha value is -0.980. The van der Waals surface area contributed by atoms with Gasteiger partial charge in [0.05, 0.1) is 0 Å². The molecule has 0 unspecified atom stereocenters. The van der Waals surface area contributed by atoms with E-state index in [2.05, 4.69) is 32.9 Å². The molecule has 0 saturated heterocycles. The molecule has 0 aliphatic rings. The fourth-order valence-corrected chi connectivity index (χ4v) is 2.17. The van der Waals surface area contributed by atoms with Crippen LogP contribution in [0.2, 0.25) is 0 Å². The predicted molar refractivity (Wildman–Crippen MR) is 70.0 cm³/mol. The number of phenolic OH excluding ortho intramolecular Hbond substituents is 1. The van der Waals surface area contributed by atoms with Gasteiger partial charge in [-0.25, -0.2) is 0 Å². The van der Waals surface area contributed by atoms with Crippen molar-refractivity contribution in [2.24, 2.45) is 0 Å². The van der Waals surface area contributed by atoms with Crippen molar-refractivity contribution in [1.29, 1.82) is 0 Å². The van der Waals surface area contributed by atoms with Gasteiger partial charge in [0.25, 0.3) is 0 Å². The minimum atomic E-state index is 0.0763. The average molecular weight is 220 g/mol. The number of benzene rings is 1. The van der Waals surface area contributed by atoms with Crippen LogP contribution in [0, 0.1) is 6.92 Å². The van der Waals surface area contributed by atoms with Crippen LogP contribution >= 0.6 is 0 Å². The zero-order chi connectivity index (χ0) is 12.2. The summed E-state index contributed by atoms with van der Waals surface area (Å²) in [6.07, 6.45) is 4.89. The first kappa shape index (κ1) is 13.1. The Morgan fingerprint density at radius 2 is 1.88 bits per heavy atom. The van der Waals surface area contributed by atoms with Gasteiger partial charge in [-0.15, -0.1) is 0 Å². The molecule has 1 heteroatoms. The molecule has 1 N–H and O–H groups in total. The second kappa shape index (κ2) is 5.38. The minimum absolute atomic E-state index is 0.0763. The molecule has 0 aromatic heterocycles. The topological polar surface area (TPSA) is 20.2 Å². The molecule has 0 saturated carbocycles. The lowest BCUT2D eigenvalue weighted by Gasteiger charge is -2.26. The van der Waals surface area contributed by atoms with Crippen molar-refractivity contribution in [2.75, 3.05) is 0 Å². The molecule has 0 radical (unpaired) electrons. The highest BCUT2D eigenvalue weighted by atomic mass is 16.3. The van der Waals surface area contributed by atoms with E-state index in [1.54, 1.807) is 0 Å². The molecule has 0 bridgehead atoms. The molecule has 16 heavy (non-hydrogen) atoms. The summed E-state index contributed by atoms with van der Waals surface area (Å²) in [4.78, 5) is 0. The zero-order valence-corrected chi connectivity index (χ0v) is 11.0. The monoisotopic (exact) mass is 220 g/mol. The van der Waals surface area contributed by atoms with Crippen molar-refractivity contribution in [3.8, 4) is 5.75 Å². The Morgan fingerprint density at radius 1 is 1.19 bits per heavy atom. The molecule has 90 valence electrons. The van der Waals surface area contributed by atoms with Crippen LogP contribution < -0.4 is 0 Å². The molecule has 0 heterocycles. The van der Waals surface area contributed by atoms with Crippen LogP contribution in [-0.4, -0.2) is 5.11 Å². The lowest BCUT2D eigenvalue weighted by molar-refractivity contribution is 0.408. The number of aryl methyl sites for hydroxylation is 1. The van der Waals surface area contributed by atoms with Gasteiger partial charge in [0.1, 0.15) is 5.75 Å². The van der Waals surface area contributed by atoms with E-state index in [9.17, 15) is 5.11 Å². The molecule has 0 amide bonds. The van der Waals surface area contributed by atoms with Crippen LogP contribution in [0.4, 0.5) is 0 Å². The van der Waals surface area contributed by atoms with Crippen molar-refractivity contribution in [2.45, 2.75) is 58.8 Å². The minimum Gasteiger partial charge on any atom is -0.508 e. The fraction of sp³-hybridized carbons (Fsp3) is 0.600. The maximum absolute atomic E-state index is 9.98. The number of rotatable bonds is 5. The molecule has 0 aliphatic carbocycles. The zero-order valence-electron chi connectivity index (χ0n) is 11.0. The summed E-state index contributed by atoms with van der Waals surface area (Å²) < 4.78 is 0. The molecular weight excluding hydrogens is 196 g/mol. The maximum atomic E-state index is 9.98. The first-order valence-corrected chi connectivity index (χ1v) is 6.27. The molecule has 0 atom stereocenters. The van der Waals surface area contributed by atoms with Gasteiger partial charge >= 0.3 is 0 Å². The highest BCUT2D eigenvalue weighted by molar-refractivity contribution is 5.40. The van der Waals surface area contributed by atoms with E-state index in [1.807, 2.05) is 13.0 Å². The normalized spacial score (nSPS) is 11.8. The molecule has 0 fully saturated rings. The molecule has 0 spiro atoms. The average Bonchev–Trinajstić information content (AvgIpc) is 2.17. The van der Waals surface area contributed by atoms with Crippen molar-refractivity contribution in [3.05, 3.63) is 29.3 Å². The van der Waals surface area contributed by atoms with Crippen LogP contribution in [0.5, 0.6) is 5.75 Å². The molecule has 1 nitrogen and oxygen atoms in total. The van der Waals surface area contributed by atoms with Gasteiger partial charge in [-0.05, 0) is 36.0 Å². The first-order valence-electron chi connectivity index (χ1n) is 6.27. The maximum Gasteiger partial charge on any atom is 0.119 e. The quantitative estimate of drug-likeness (QED) is 0.721. The van der Waals surface area contributed by atoms with Crippen molar-refractivity contribution in [3.63, 3.8) is 0 Å². The smallest absolute Gasteiger partial charge is 0.119 e. The van der Waals surface area contributed by atoms with Gasteiger partial charge in [0, 0.05) is 0 Å². The van der Waals surface area contributed by atoms with Crippen LogP contribution in [-0.2, 0) is 5.41 Å². The number of phenols is 1. The Kier molecular flexibility index (Phi) is 4.40. The summed E-state index contributed by atoms with van der Waals surface area (Å²) in [5.41, 5.74) is 2.27. The van der Waals surface area contributed by atoms with Crippen LogP contribution in [0.3, 0.4) is 0 Å². The van der Waals surface area contributed by atoms with E-state index >= 15 is 0 Å². The van der Waals surface area contributed by atoms with Crippen molar-refractivity contribution in [1.82, 2.24) is 0 Å². The second-order valence-electron chi connectivity index (χ2n) is 5.36. The summed E-state index contributed by atoms with van der Waals surface area (Å²) in [5, 5.41) is 9.98. The largest absolute Gasteiger partial charge is 0.508 e. The SMILES string of the molecule is CCCCCC(C)(C)c1ccc(C)cc1O. The standard InChI is InChI=1S/C15H24O/c1-5-6-7-10-15(3,4)13-9-8-12(2)11-14(13)16/h8-9,11,16H,5-7,10H2,1-4H3. The lowest BCUT2D eigenvalue weighted by atomic mass is 9.79. The van der Waals surface area contributed by atoms with Crippen LogP contribution in [0.25, 0.3) is 0 Å². The number of aromatic hydroxyl groups is 1. The highest BCUT2D eigenvalue weighted by Crippen LogP contribution is 2.35. The molecule has 1 aromatic carbocycles. The van der Waals surface area contributed by atoms with Gasteiger partial charge in [0.15, 0.2) is 0 Å². The van der Waals surface area contributed by atoms with E-state index in [0.717, 1.165) is 17.5 Å². The Balaban J connectivity index is 2.80. The Morgan fingerprint density at radius 3 is 2.44 bits per heavy atom. The Bertz CT molecular complexity index is 339. The molecule has 0 aliphatic heterocycles. The summed E-state index contributed by atoms with van der Waals surface area (Å²) in [6, 6.07) is 6.00. The Labute approximate surface area is 99.5 Å². The van der Waals surface area contributed by atoms with Gasteiger partial charge in [-0.3, -0.25) is 0 Å². The lowest BCUT2D eigenvalue weighted by Crippen LogP contribution is -2.17. The van der Waals surface area contributed by atoms with E-state index in [-0.39, 0.29) is 5.41 Å². The summed E-state index contributed by atoms with van der Waals surface area (Å²) in [5.74, 6) is 0.446. The second-order valence-corrected chi connectivity index (χ2v) is 5.36. The van der Waals surface area contributed by atoms with Crippen molar-refractivity contribution < 1.29 is 5.11 Å². The summed E-state index contributed by atoms with van der Waals surface area (Å²) in [7, 11) is 0. The fourth-order valence-electron chi connectivity index (χ4n) is 2.17. The van der Waals surface area contributed by atoms with E-state index in [0.29, 0.717) is 5.75 Å². The number of hydrogen-bond acceptors (Lipinski definition) is 1. The number of unbranched alkanes of at least 4 members (excludes halogenated alkanes) is 2. The number of hydrogen-bond donors (Lipinski definition) is 1. The third-order valence-corrected chi connectivity index (χ3v) is 3.29. The van der Waals surface area contributed by atoms with Gasteiger partial charge in [0.2, 0.25) is 0 Å². The molecule has 1 rings (SSSR count). The molecular formula is C15H24O. The van der Waals surface area contributed by atoms with Crippen LogP contribution in [0.15, 0.2) is 18.2 Å². The summed E-state index contributed by atoms with van der Waals surface area (Å²) in [6.45, 7) is 8.66. The van der Waals surface area contributed by atoms with E-state index in [4.69, 9.17) is 0 Å². The molecule has 1 aromatic rings. The van der Waals surface area contributed by atoms with E-state index in [1.165, 1.54) is 19.3 Å². The summed E-state index contributed by atoms with van der Waals surface area (Å²) >= 11 is 0. The van der Waals surface area contributed by atoms with Gasteiger partial charge in [-0.1, -0.05) is 52.2 Å². The predicted octanol–water partition coefficient (Wildman–Crippen LogP) is 4.56. The third-order valence-electron chi connectivity index (χ3n) is 3.29. The van der Waals surface area contributed by atoms with E-state index < -0.39 is 0 Å². The van der Waals surface area contributed by atoms with Gasteiger partial charge < -0.3 is 5.11 Å². The highest BCUT2D eigenvalue weighted by Gasteiger charge is 2.22. The van der Waals surface area contributed by atoms with Crippen molar-refractivity contribution >= 4 is 0 Å². The van der Waals surface area contributed by atoms with Crippen LogP contribution in [0.1, 0.15) is 57.6 Å².